The van der Waals surface area contributed by atoms with Crippen LogP contribution in [0, 0.1) is 46.5 Å². The van der Waals surface area contributed by atoms with Crippen LogP contribution in [0.2, 0.25) is 20.1 Å². The van der Waals surface area contributed by atoms with E-state index in [-0.39, 0.29) is 140 Å². The first kappa shape index (κ1) is 94.1. The average molecular weight is 1840 g/mol. The lowest BCUT2D eigenvalue weighted by atomic mass is 9.80. The molecule has 0 saturated heterocycles. The molecule has 4 heterocycles. The first-order valence-corrected chi connectivity index (χ1v) is 36.3. The number of amides is 4. The fourth-order valence-corrected chi connectivity index (χ4v) is 12.1. The van der Waals surface area contributed by atoms with E-state index in [1.165, 1.54) is 205 Å². The van der Waals surface area contributed by atoms with E-state index in [1.54, 1.807) is 17.7 Å². The number of carboxylic acids is 2. The maximum absolute atomic E-state index is 14.4. The van der Waals surface area contributed by atoms with E-state index in [9.17, 15) is 73.5 Å². The summed E-state index contributed by atoms with van der Waals surface area (Å²) in [4.78, 5) is 111. The number of carbonyl (C=O) groups excluding carboxylic acids is 6. The number of carbonyl (C=O) groups is 8. The van der Waals surface area contributed by atoms with Gasteiger partial charge in [-0.15, -0.1) is 0 Å². The van der Waals surface area contributed by atoms with Crippen molar-refractivity contribution < 1.29 is 122 Å². The number of aromatic nitrogens is 8. The molecule has 0 spiro atoms. The van der Waals surface area contributed by atoms with Crippen LogP contribution in [-0.2, 0) is 37.7 Å². The number of carboxylic acid groups (broad SMARTS) is 2. The molecule has 4 amide bonds. The molecule has 0 aliphatic carbocycles. The van der Waals surface area contributed by atoms with Crippen molar-refractivity contribution in [2.24, 2.45) is 28.2 Å². The summed E-state index contributed by atoms with van der Waals surface area (Å²) in [7, 11) is 11.5. The number of nitrogens with zero attached hydrogens (tertiary/aromatic N) is 8. The average Bonchev–Trinajstić information content (AvgIpc) is 1.62. The normalized spacial score (nSPS) is 10.5. The van der Waals surface area contributed by atoms with Crippen molar-refractivity contribution in [2.45, 2.75) is 0 Å². The second-order valence-corrected chi connectivity index (χ2v) is 26.9. The van der Waals surface area contributed by atoms with Crippen molar-refractivity contribution in [3.63, 3.8) is 0 Å². The minimum atomic E-state index is -2.03. The third kappa shape index (κ3) is 21.6. The van der Waals surface area contributed by atoms with Gasteiger partial charge in [-0.2, -0.15) is 17.6 Å². The molecule has 30 nitrogen and oxygen atoms in total. The number of nitrogens with one attached hydrogen (secondary N) is 4. The zero-order valence-corrected chi connectivity index (χ0v) is 69.0. The van der Waals surface area contributed by atoms with Crippen LogP contribution in [0.25, 0.3) is 33.8 Å². The van der Waals surface area contributed by atoms with Crippen molar-refractivity contribution in [3.8, 4) is 56.8 Å². The van der Waals surface area contributed by atoms with Crippen molar-refractivity contribution >= 4 is 145 Å². The molecule has 12 rings (SSSR count). The van der Waals surface area contributed by atoms with Gasteiger partial charge in [0.05, 0.1) is 127 Å². The minimum absolute atomic E-state index is 0.0474. The fraction of sp³-hybridized carbons (Fsp3) is 0.128. The first-order valence-electron chi connectivity index (χ1n) is 34.0. The molecule has 0 aliphatic heterocycles. The molecule has 0 aliphatic rings. The summed E-state index contributed by atoms with van der Waals surface area (Å²) < 4.78 is 145. The van der Waals surface area contributed by atoms with Gasteiger partial charge in [0.1, 0.15) is 4.60 Å². The molecule has 8 aromatic carbocycles. The van der Waals surface area contributed by atoms with Crippen molar-refractivity contribution in [3.05, 3.63) is 263 Å². The van der Waals surface area contributed by atoms with E-state index < -0.39 is 101 Å². The molecule has 4 aromatic heterocycles. The number of imidazole rings is 4. The number of anilines is 4. The number of methoxy groups -OCH3 is 6. The number of hydrogen-bond acceptors (Lipinski definition) is 20. The van der Waals surface area contributed by atoms with Gasteiger partial charge in [-0.25, -0.2) is 56.7 Å². The quantitative estimate of drug-likeness (QED) is 0.0200. The topological polar surface area (TPSA) is 392 Å². The van der Waals surface area contributed by atoms with Crippen LogP contribution >= 0.6 is 62.3 Å². The summed E-state index contributed by atoms with van der Waals surface area (Å²) in [5.74, 6) is -16.1. The van der Waals surface area contributed by atoms with Crippen LogP contribution < -0.4 is 45.7 Å². The summed E-state index contributed by atoms with van der Waals surface area (Å²) in [5.41, 5.74) is 1.18. The Kier molecular flexibility index (Phi) is 32.0. The van der Waals surface area contributed by atoms with Gasteiger partial charge in [0.2, 0.25) is 17.5 Å². The highest BCUT2D eigenvalue weighted by Gasteiger charge is 2.28. The van der Waals surface area contributed by atoms with Crippen LogP contribution in [0.1, 0.15) is 83.9 Å². The third-order valence-electron chi connectivity index (χ3n) is 17.1. The maximum Gasteiger partial charge on any atom is 0.491 e. The summed E-state index contributed by atoms with van der Waals surface area (Å²) in [6.45, 7) is 0. The molecule has 0 radical (unpaired) electrons. The number of aromatic carboxylic acids is 2. The first-order chi connectivity index (χ1) is 57.8. The Morgan fingerprint density at radius 2 is 0.615 bits per heavy atom. The lowest BCUT2D eigenvalue weighted by Crippen LogP contribution is -2.33. The molecule has 0 unspecified atom stereocenters. The molecule has 0 bridgehead atoms. The van der Waals surface area contributed by atoms with E-state index in [2.05, 4.69) is 71.3 Å². The Hall–Kier alpha value is -13.4. The number of hydrogen-bond donors (Lipinski definition) is 8. The van der Waals surface area contributed by atoms with Crippen molar-refractivity contribution in [1.82, 2.24) is 38.2 Å². The van der Waals surface area contributed by atoms with Gasteiger partial charge >= 0.3 is 31.0 Å². The second kappa shape index (κ2) is 41.5. The maximum atomic E-state index is 14.4. The summed E-state index contributed by atoms with van der Waals surface area (Å²) >= 11 is 27.1. The Balaban J connectivity index is 0.000000194. The molecule has 44 heteroatoms. The third-order valence-corrected chi connectivity index (χ3v) is 19.1. The van der Waals surface area contributed by atoms with Crippen molar-refractivity contribution in [1.29, 1.82) is 0 Å². The second-order valence-electron chi connectivity index (χ2n) is 24.4. The lowest BCUT2D eigenvalue weighted by molar-refractivity contribution is 0.0592. The molecular weight excluding hydrogens is 1780 g/mol. The molecule has 8 N–H and O–H groups in total. The predicted octanol–water partition coefficient (Wildman–Crippen LogP) is 14.5. The number of halogens is 13. The molecular formula is C78H62BBrCl4F8N12O18. The number of rotatable bonds is 20. The SMILES string of the molecule is COC(=O)c1ccc(NC(=O)c2ncc(-c3ccc(OC)c(F)c3F)n2C)cc1Cl.COC(=O)c1ccc(NC(=O)c2ncc(Br)n2C)cc1Cl.COc1ccc(-c2cnc(C(=O)Nc3ccc(C(=O)O)c(Cl)c3)n2C)c(F)c1F.COc1ccc(-c2cnc(C(=O)Nc3ccc(C(=O)O)c(Cl)c3)n2C)c(F)c1F.COc1ccc(B(O)O)c(F)c1F. The lowest BCUT2D eigenvalue weighted by Gasteiger charge is -2.10. The molecule has 636 valence electrons. The predicted molar refractivity (Wildman–Crippen MR) is 433 cm³/mol. The minimum Gasteiger partial charge on any atom is -0.494 e. The Labute approximate surface area is 713 Å². The molecule has 0 fully saturated rings. The Morgan fingerprint density at radius 3 is 0.852 bits per heavy atom. The van der Waals surface area contributed by atoms with Gasteiger partial charge in [-0.1, -0.05) is 52.5 Å². The molecule has 0 atom stereocenters. The molecule has 0 saturated carbocycles. The summed E-state index contributed by atoms with van der Waals surface area (Å²) in [6.07, 6.45) is 5.26. The van der Waals surface area contributed by atoms with E-state index >= 15 is 0 Å². The molecule has 12 aromatic rings. The zero-order chi connectivity index (χ0) is 90.2. The van der Waals surface area contributed by atoms with E-state index in [0.29, 0.717) is 16.0 Å². The number of ether oxygens (including phenoxy) is 6. The highest BCUT2D eigenvalue weighted by molar-refractivity contribution is 9.10. The van der Waals surface area contributed by atoms with Gasteiger partial charge in [-0.3, -0.25) is 19.2 Å². The number of benzene rings is 8. The zero-order valence-electron chi connectivity index (χ0n) is 64.4. The van der Waals surface area contributed by atoms with Gasteiger partial charge < -0.3 is 88.2 Å². The number of esters is 2. The largest absolute Gasteiger partial charge is 0.494 e. The van der Waals surface area contributed by atoms with Gasteiger partial charge in [0, 0.05) is 73.1 Å². The van der Waals surface area contributed by atoms with Crippen LogP contribution in [-0.4, -0.2) is 156 Å². The Bertz CT molecular complexity index is 5890. The summed E-state index contributed by atoms with van der Waals surface area (Å²) in [6, 6.07) is 26.5. The van der Waals surface area contributed by atoms with E-state index in [1.807, 2.05) is 0 Å². The standard InChI is InChI=1S/C20H16ClF2N3O4.2C19H14ClF2N3O4.C13H11BrClN3O3.C7H7BF2O3/c1-26-14(12-6-7-15(29-2)17(23)16(12)22)9-24-18(26)19(27)25-10-4-5-11(13(21)8-10)20(28)30-3;2*1-25-13(11-5-6-14(29-2)16(22)15(11)21)8-23-17(25)18(26)24-9-3-4-10(19(27)28)12(20)7-9;1-18-10(14)6-16-11(18)12(19)17-7-3-4-8(9(15)5-7)13(20)21-2;1-13-5-3-2-4(8(11)12)6(9)7(5)10/h4-9H,1-3H3,(H,25,27);2*3-8H,1-2H3,(H,24,26)(H,27,28);3-6H,1-2H3,(H,17,19);2-3,11-12H,1H3. The van der Waals surface area contributed by atoms with Gasteiger partial charge in [0.25, 0.3) is 23.6 Å². The van der Waals surface area contributed by atoms with E-state index in [4.69, 9.17) is 80.9 Å². The van der Waals surface area contributed by atoms with Crippen LogP contribution in [0.15, 0.2) is 151 Å². The highest BCUT2D eigenvalue weighted by Crippen LogP contribution is 2.35. The smallest absolute Gasteiger partial charge is 0.491 e. The van der Waals surface area contributed by atoms with Crippen LogP contribution in [0.4, 0.5) is 57.9 Å². The monoisotopic (exact) mass is 1840 g/mol. The van der Waals surface area contributed by atoms with Crippen molar-refractivity contribution in [2.75, 3.05) is 63.9 Å². The molecule has 122 heavy (non-hydrogen) atoms. The van der Waals surface area contributed by atoms with Crippen LogP contribution in [0.5, 0.6) is 23.0 Å². The Morgan fingerprint density at radius 1 is 0.361 bits per heavy atom. The summed E-state index contributed by atoms with van der Waals surface area (Å²) in [5, 5.41) is 45.7. The van der Waals surface area contributed by atoms with Gasteiger partial charge in [0.15, 0.2) is 75.4 Å². The van der Waals surface area contributed by atoms with E-state index in [0.717, 1.165) is 12.1 Å². The fourth-order valence-electron chi connectivity index (χ4n) is 10.8. The highest BCUT2D eigenvalue weighted by atomic mass is 79.9. The van der Waals surface area contributed by atoms with Crippen LogP contribution in [0.3, 0.4) is 0 Å². The van der Waals surface area contributed by atoms with Gasteiger partial charge in [-0.05, 0) is 131 Å².